The first-order chi connectivity index (χ1) is 12.0. The summed E-state index contributed by atoms with van der Waals surface area (Å²) in [6, 6.07) is 10.3. The highest BCUT2D eigenvalue weighted by Gasteiger charge is 2.26. The van der Waals surface area contributed by atoms with Gasteiger partial charge in [0.2, 0.25) is 0 Å². The smallest absolute Gasteiger partial charge is 0.274 e. The second-order valence-electron chi connectivity index (χ2n) is 5.85. The molecule has 0 bridgehead atoms. The maximum absolute atomic E-state index is 13.8. The number of nitrogens with one attached hydrogen (secondary N) is 3. The molecule has 1 aliphatic heterocycles. The van der Waals surface area contributed by atoms with E-state index in [1.165, 1.54) is 18.2 Å². The first-order valence-corrected chi connectivity index (χ1v) is 7.73. The fourth-order valence-electron chi connectivity index (χ4n) is 2.83. The van der Waals surface area contributed by atoms with Crippen molar-refractivity contribution < 1.29 is 18.8 Å². The highest BCUT2D eigenvalue weighted by Crippen LogP contribution is 2.31. The largest absolute Gasteiger partial charge is 0.364 e. The van der Waals surface area contributed by atoms with Crippen molar-refractivity contribution in [3.63, 3.8) is 0 Å². The van der Waals surface area contributed by atoms with Gasteiger partial charge >= 0.3 is 0 Å². The second kappa shape index (κ2) is 6.90. The lowest BCUT2D eigenvalue weighted by Crippen LogP contribution is -2.23. The van der Waals surface area contributed by atoms with Gasteiger partial charge in [-0.25, -0.2) is 14.3 Å². The van der Waals surface area contributed by atoms with Crippen LogP contribution in [0.1, 0.15) is 28.9 Å². The molecular weight excluding hydrogens is 328 g/mol. The van der Waals surface area contributed by atoms with Gasteiger partial charge in [0.15, 0.2) is 0 Å². The number of benzene rings is 2. The number of hydrogen-bond acceptors (Lipinski definition) is 4. The normalized spacial score (nSPS) is 19.1. The van der Waals surface area contributed by atoms with Gasteiger partial charge in [-0.3, -0.25) is 10.0 Å². The van der Waals surface area contributed by atoms with Crippen LogP contribution in [-0.2, 0) is 0 Å². The van der Waals surface area contributed by atoms with Crippen LogP contribution in [0.2, 0.25) is 0 Å². The minimum absolute atomic E-state index is 0.0647. The number of para-hydroxylation sites is 1. The summed E-state index contributed by atoms with van der Waals surface area (Å²) in [6.07, 6.45) is 1.85. The van der Waals surface area contributed by atoms with E-state index in [1.807, 2.05) is 13.0 Å². The molecular formula is C18H17F2N3O2. The highest BCUT2D eigenvalue weighted by atomic mass is 19.1. The van der Waals surface area contributed by atoms with Gasteiger partial charge in [-0.2, -0.15) is 0 Å². The van der Waals surface area contributed by atoms with E-state index < -0.39 is 17.5 Å². The van der Waals surface area contributed by atoms with Crippen LogP contribution in [0.5, 0.6) is 0 Å². The van der Waals surface area contributed by atoms with Crippen LogP contribution in [0, 0.1) is 17.6 Å². The summed E-state index contributed by atoms with van der Waals surface area (Å²) in [7, 11) is 0. The van der Waals surface area contributed by atoms with Crippen LogP contribution in [0.3, 0.4) is 0 Å². The van der Waals surface area contributed by atoms with Crippen molar-refractivity contribution in [1.82, 2.24) is 10.8 Å². The van der Waals surface area contributed by atoms with Gasteiger partial charge in [0, 0.05) is 11.5 Å². The third-order valence-corrected chi connectivity index (χ3v) is 4.12. The van der Waals surface area contributed by atoms with Crippen molar-refractivity contribution in [2.45, 2.75) is 13.0 Å². The molecule has 7 heteroatoms. The van der Waals surface area contributed by atoms with E-state index in [0.29, 0.717) is 11.4 Å². The Morgan fingerprint density at radius 1 is 1.12 bits per heavy atom. The van der Waals surface area contributed by atoms with Crippen LogP contribution in [-0.4, -0.2) is 11.1 Å². The maximum Gasteiger partial charge on any atom is 0.274 e. The van der Waals surface area contributed by atoms with E-state index in [4.69, 9.17) is 5.21 Å². The van der Waals surface area contributed by atoms with E-state index >= 15 is 0 Å². The Labute approximate surface area is 143 Å². The molecule has 1 heterocycles. The Kier molecular flexibility index (Phi) is 4.67. The number of hydrogen-bond donors (Lipinski definition) is 4. The van der Waals surface area contributed by atoms with Crippen molar-refractivity contribution in [3.8, 4) is 0 Å². The van der Waals surface area contributed by atoms with Gasteiger partial charge in [0.05, 0.1) is 11.9 Å². The molecule has 1 amide bonds. The van der Waals surface area contributed by atoms with Gasteiger partial charge in [0.1, 0.15) is 17.3 Å². The number of rotatable bonds is 4. The third-order valence-electron chi connectivity index (χ3n) is 4.12. The molecule has 2 aromatic rings. The zero-order chi connectivity index (χ0) is 18.0. The van der Waals surface area contributed by atoms with E-state index in [0.717, 1.165) is 5.56 Å². The van der Waals surface area contributed by atoms with Crippen LogP contribution in [0.25, 0.3) is 0 Å². The minimum Gasteiger partial charge on any atom is -0.364 e. The quantitative estimate of drug-likeness (QED) is 0.507. The predicted octanol–water partition coefficient (Wildman–Crippen LogP) is 3.32. The summed E-state index contributed by atoms with van der Waals surface area (Å²) in [5, 5.41) is 14.6. The van der Waals surface area contributed by atoms with Gasteiger partial charge in [0.25, 0.3) is 5.91 Å². The summed E-state index contributed by atoms with van der Waals surface area (Å²) in [4.78, 5) is 11.4. The predicted molar refractivity (Wildman–Crippen MR) is 88.8 cm³/mol. The summed E-state index contributed by atoms with van der Waals surface area (Å²) < 4.78 is 27.5. The fourth-order valence-corrected chi connectivity index (χ4v) is 2.83. The fraction of sp³-hybridized carbons (Fsp3) is 0.167. The number of halogens is 2. The van der Waals surface area contributed by atoms with Crippen LogP contribution >= 0.6 is 0 Å². The lowest BCUT2D eigenvalue weighted by atomic mass is 9.96. The van der Waals surface area contributed by atoms with E-state index in [1.54, 1.807) is 29.7 Å². The molecule has 2 aromatic carbocycles. The highest BCUT2D eigenvalue weighted by molar-refractivity contribution is 5.93. The monoisotopic (exact) mass is 345 g/mol. The van der Waals surface area contributed by atoms with Crippen molar-refractivity contribution in [3.05, 3.63) is 77.1 Å². The molecule has 2 atom stereocenters. The molecule has 0 saturated carbocycles. The Hall–Kier alpha value is -2.93. The second-order valence-corrected chi connectivity index (χ2v) is 5.85. The summed E-state index contributed by atoms with van der Waals surface area (Å²) in [5.41, 5.74) is 2.61. The topological polar surface area (TPSA) is 73.4 Å². The van der Waals surface area contributed by atoms with Crippen molar-refractivity contribution in [2.24, 2.45) is 5.92 Å². The molecule has 0 radical (unpaired) electrons. The summed E-state index contributed by atoms with van der Waals surface area (Å²) in [6.45, 7) is 1.97. The lowest BCUT2D eigenvalue weighted by Gasteiger charge is -2.19. The van der Waals surface area contributed by atoms with E-state index in [2.05, 4.69) is 10.6 Å². The Bertz CT molecular complexity index is 801. The number of carbonyl (C=O) groups is 1. The molecule has 25 heavy (non-hydrogen) atoms. The molecule has 3 rings (SSSR count). The van der Waals surface area contributed by atoms with Crippen LogP contribution in [0.4, 0.5) is 14.5 Å². The zero-order valence-corrected chi connectivity index (χ0v) is 13.4. The van der Waals surface area contributed by atoms with Crippen LogP contribution in [0.15, 0.2) is 54.4 Å². The van der Waals surface area contributed by atoms with Crippen molar-refractivity contribution >= 4 is 11.6 Å². The van der Waals surface area contributed by atoms with Crippen molar-refractivity contribution in [1.29, 1.82) is 0 Å². The van der Waals surface area contributed by atoms with Crippen LogP contribution < -0.4 is 16.1 Å². The van der Waals surface area contributed by atoms with Gasteiger partial charge in [-0.1, -0.05) is 25.1 Å². The average molecular weight is 345 g/mol. The molecule has 130 valence electrons. The Morgan fingerprint density at radius 2 is 1.76 bits per heavy atom. The Morgan fingerprint density at radius 3 is 2.36 bits per heavy atom. The summed E-state index contributed by atoms with van der Waals surface area (Å²) in [5.74, 6) is -1.35. The van der Waals surface area contributed by atoms with Gasteiger partial charge in [-0.05, 0) is 35.9 Å². The SMILES string of the molecule is CC1C=C(Nc2c(F)cccc2F)N[C@H]1c1ccc(C(=O)NO)cc1. The number of carbonyl (C=O) groups excluding carboxylic acids is 1. The molecule has 5 nitrogen and oxygen atoms in total. The average Bonchev–Trinajstić information content (AvgIpc) is 2.98. The number of amides is 1. The van der Waals surface area contributed by atoms with Crippen molar-refractivity contribution in [2.75, 3.05) is 5.32 Å². The third kappa shape index (κ3) is 3.46. The molecule has 0 fully saturated rings. The van der Waals surface area contributed by atoms with Gasteiger partial charge < -0.3 is 10.6 Å². The zero-order valence-electron chi connectivity index (χ0n) is 13.4. The molecule has 0 aromatic heterocycles. The maximum atomic E-state index is 13.8. The molecule has 4 N–H and O–H groups in total. The first-order valence-electron chi connectivity index (χ1n) is 7.73. The van der Waals surface area contributed by atoms with E-state index in [9.17, 15) is 13.6 Å². The first kappa shape index (κ1) is 16.9. The molecule has 1 aliphatic rings. The number of anilines is 1. The van der Waals surface area contributed by atoms with Gasteiger partial charge in [-0.15, -0.1) is 0 Å². The molecule has 0 aliphatic carbocycles. The molecule has 1 unspecified atom stereocenters. The number of hydroxylamine groups is 1. The lowest BCUT2D eigenvalue weighted by molar-refractivity contribution is 0.0706. The van der Waals surface area contributed by atoms with E-state index in [-0.39, 0.29) is 17.6 Å². The standard InChI is InChI=1S/C18H17F2N3O2/c1-10-9-15(22-17-13(19)3-2-4-14(17)20)21-16(10)11-5-7-12(8-6-11)18(24)23-25/h2-10,16,21-22,25H,1H3,(H,23,24)/t10?,16-/m1/s1. The molecule has 0 spiro atoms. The molecule has 0 saturated heterocycles. The minimum atomic E-state index is -0.668. The Balaban J connectivity index is 1.74. The summed E-state index contributed by atoms with van der Waals surface area (Å²) >= 11 is 0.